The first-order valence-electron chi connectivity index (χ1n) is 7.36. The van der Waals surface area contributed by atoms with Crippen molar-refractivity contribution in [3.8, 4) is 0 Å². The van der Waals surface area contributed by atoms with Gasteiger partial charge in [0.15, 0.2) is 0 Å². The van der Waals surface area contributed by atoms with Gasteiger partial charge in [-0.05, 0) is 35.7 Å². The minimum Gasteiger partial charge on any atom is -0.377 e. The third-order valence-electron chi connectivity index (χ3n) is 3.53. The zero-order valence-electron chi connectivity index (χ0n) is 12.9. The molecule has 1 aromatic rings. The van der Waals surface area contributed by atoms with E-state index in [2.05, 4.69) is 40.3 Å². The number of nitrogens with one attached hydrogen (secondary N) is 1. The lowest BCUT2D eigenvalue weighted by Gasteiger charge is -2.26. The molecule has 0 saturated carbocycles. The monoisotopic (exact) mass is 346 g/mol. The van der Waals surface area contributed by atoms with E-state index in [0.29, 0.717) is 6.61 Å². The molecule has 0 saturated heterocycles. The molecule has 0 amide bonds. The van der Waals surface area contributed by atoms with Gasteiger partial charge in [0, 0.05) is 20.1 Å². The van der Waals surface area contributed by atoms with Crippen LogP contribution in [0.2, 0.25) is 0 Å². The number of hydrogen-bond donors (Lipinski definition) is 2. The molecule has 116 valence electrons. The number of nitrogens with two attached hydrogens (primary N) is 1. The van der Waals surface area contributed by atoms with E-state index in [-0.39, 0.29) is 12.1 Å². The van der Waals surface area contributed by atoms with Gasteiger partial charge in [0.2, 0.25) is 0 Å². The van der Waals surface area contributed by atoms with Crippen molar-refractivity contribution in [3.63, 3.8) is 0 Å². The molecular weight excluding hydrogens is 320 g/mol. The van der Waals surface area contributed by atoms with E-state index in [9.17, 15) is 0 Å². The molecule has 1 aromatic heterocycles. The smallest absolute Gasteiger partial charge is 0.0766 e. The lowest BCUT2D eigenvalue weighted by atomic mass is 10.0. The maximum Gasteiger partial charge on any atom is 0.0766 e. The molecule has 0 aliphatic heterocycles. The minimum atomic E-state index is 0.0892. The fraction of sp³-hybridized carbons (Fsp3) is 0.786. The molecule has 1 rings (SSSR count). The van der Waals surface area contributed by atoms with Crippen LogP contribution in [0.15, 0.2) is 4.47 Å². The summed E-state index contributed by atoms with van der Waals surface area (Å²) in [6.07, 6.45) is 3.92. The molecule has 5 nitrogen and oxygen atoms in total. The van der Waals surface area contributed by atoms with Crippen LogP contribution >= 0.6 is 15.9 Å². The van der Waals surface area contributed by atoms with Crippen LogP contribution in [0.5, 0.6) is 0 Å². The summed E-state index contributed by atoms with van der Waals surface area (Å²) < 4.78 is 8.86. The van der Waals surface area contributed by atoms with Gasteiger partial charge in [-0.2, -0.15) is 5.10 Å². The van der Waals surface area contributed by atoms with Crippen molar-refractivity contribution in [2.45, 2.75) is 58.6 Å². The van der Waals surface area contributed by atoms with Crippen LogP contribution in [-0.4, -0.2) is 28.5 Å². The van der Waals surface area contributed by atoms with Gasteiger partial charge in [-0.3, -0.25) is 16.0 Å². The molecule has 0 fully saturated rings. The molecule has 0 aliphatic carbocycles. The van der Waals surface area contributed by atoms with E-state index < -0.39 is 0 Å². The Balaban J connectivity index is 2.89. The average molecular weight is 347 g/mol. The number of hydrogen-bond acceptors (Lipinski definition) is 4. The number of aromatic nitrogens is 2. The summed E-state index contributed by atoms with van der Waals surface area (Å²) in [7, 11) is 1.97. The Morgan fingerprint density at radius 3 is 2.55 bits per heavy atom. The summed E-state index contributed by atoms with van der Waals surface area (Å²) >= 11 is 3.65. The largest absolute Gasteiger partial charge is 0.377 e. The molecule has 2 unspecified atom stereocenters. The van der Waals surface area contributed by atoms with E-state index >= 15 is 0 Å². The Labute approximate surface area is 130 Å². The standard InChI is InChI=1S/C14H27BrN4O/c1-5-8-13(20-7-3)11(17-16)9-12-14(15)10(6-2)18-19(12)4/h11,13,17H,5-9,16H2,1-4H3. The molecule has 0 bridgehead atoms. The fourth-order valence-electron chi connectivity index (χ4n) is 2.45. The number of rotatable bonds is 9. The number of aryl methyl sites for hydroxylation is 2. The van der Waals surface area contributed by atoms with Crippen LogP contribution in [0.25, 0.3) is 0 Å². The SMILES string of the molecule is CCCC(OCC)C(Cc1c(Br)c(CC)nn1C)NN. The number of halogens is 1. The quantitative estimate of drug-likeness (QED) is 0.532. The normalized spacial score (nSPS) is 14.5. The summed E-state index contributed by atoms with van der Waals surface area (Å²) in [6, 6.07) is 0.0892. The van der Waals surface area contributed by atoms with Crippen molar-refractivity contribution in [1.29, 1.82) is 0 Å². The first-order chi connectivity index (χ1) is 9.58. The Hall–Kier alpha value is -0.430. The maximum atomic E-state index is 5.83. The van der Waals surface area contributed by atoms with Crippen LogP contribution < -0.4 is 11.3 Å². The number of nitrogens with zero attached hydrogens (tertiary/aromatic N) is 2. The van der Waals surface area contributed by atoms with Crippen molar-refractivity contribution >= 4 is 15.9 Å². The lowest BCUT2D eigenvalue weighted by Crippen LogP contribution is -2.47. The highest BCUT2D eigenvalue weighted by Gasteiger charge is 2.24. The molecular formula is C14H27BrN4O. The van der Waals surface area contributed by atoms with Crippen LogP contribution in [0.1, 0.15) is 45.0 Å². The summed E-state index contributed by atoms with van der Waals surface area (Å²) in [5.41, 5.74) is 5.16. The van der Waals surface area contributed by atoms with Crippen LogP contribution in [-0.2, 0) is 24.6 Å². The highest BCUT2D eigenvalue weighted by atomic mass is 79.9. The summed E-state index contributed by atoms with van der Waals surface area (Å²) in [6.45, 7) is 6.99. The van der Waals surface area contributed by atoms with E-state index in [1.54, 1.807) is 0 Å². The van der Waals surface area contributed by atoms with Crippen LogP contribution in [0.4, 0.5) is 0 Å². The van der Waals surface area contributed by atoms with Gasteiger partial charge >= 0.3 is 0 Å². The van der Waals surface area contributed by atoms with Gasteiger partial charge < -0.3 is 4.74 Å². The third kappa shape index (κ3) is 4.28. The maximum absolute atomic E-state index is 5.83. The molecule has 2 atom stereocenters. The molecule has 0 radical (unpaired) electrons. The van der Waals surface area contributed by atoms with Crippen molar-refractivity contribution < 1.29 is 4.74 Å². The predicted octanol–water partition coefficient (Wildman–Crippen LogP) is 2.32. The van der Waals surface area contributed by atoms with Crippen molar-refractivity contribution in [1.82, 2.24) is 15.2 Å². The second-order valence-corrected chi connectivity index (χ2v) is 5.74. The van der Waals surface area contributed by atoms with Gasteiger partial charge in [0.05, 0.1) is 28.0 Å². The third-order valence-corrected chi connectivity index (χ3v) is 4.45. The number of hydrazine groups is 1. The second kappa shape index (κ2) is 8.77. The molecule has 6 heteroatoms. The summed E-state index contributed by atoms with van der Waals surface area (Å²) in [4.78, 5) is 0. The van der Waals surface area contributed by atoms with Gasteiger partial charge in [0.25, 0.3) is 0 Å². The molecule has 0 aromatic carbocycles. The fourth-order valence-corrected chi connectivity index (χ4v) is 3.22. The summed E-state index contributed by atoms with van der Waals surface area (Å²) in [5, 5.41) is 4.53. The van der Waals surface area contributed by atoms with E-state index in [1.165, 1.54) is 0 Å². The molecule has 0 aliphatic rings. The minimum absolute atomic E-state index is 0.0892. The van der Waals surface area contributed by atoms with Gasteiger partial charge in [-0.15, -0.1) is 0 Å². The zero-order chi connectivity index (χ0) is 15.1. The van der Waals surface area contributed by atoms with Gasteiger partial charge in [-0.25, -0.2) is 0 Å². The first kappa shape index (κ1) is 17.6. The predicted molar refractivity (Wildman–Crippen MR) is 85.4 cm³/mol. The first-order valence-corrected chi connectivity index (χ1v) is 8.16. The molecule has 20 heavy (non-hydrogen) atoms. The lowest BCUT2D eigenvalue weighted by molar-refractivity contribution is 0.0277. The van der Waals surface area contributed by atoms with Crippen molar-refractivity contribution in [2.75, 3.05) is 6.61 Å². The van der Waals surface area contributed by atoms with Crippen molar-refractivity contribution in [2.24, 2.45) is 12.9 Å². The molecule has 0 spiro atoms. The van der Waals surface area contributed by atoms with E-state index in [1.807, 2.05) is 18.7 Å². The second-order valence-electron chi connectivity index (χ2n) is 4.94. The highest BCUT2D eigenvalue weighted by Crippen LogP contribution is 2.24. The molecule has 1 heterocycles. The van der Waals surface area contributed by atoms with Crippen LogP contribution in [0.3, 0.4) is 0 Å². The van der Waals surface area contributed by atoms with E-state index in [4.69, 9.17) is 10.6 Å². The van der Waals surface area contributed by atoms with Crippen LogP contribution in [0, 0.1) is 0 Å². The Morgan fingerprint density at radius 1 is 1.40 bits per heavy atom. The Bertz CT molecular complexity index is 402. The van der Waals surface area contributed by atoms with E-state index in [0.717, 1.165) is 41.5 Å². The Morgan fingerprint density at radius 2 is 2.10 bits per heavy atom. The number of ether oxygens (including phenoxy) is 1. The topological polar surface area (TPSA) is 65.1 Å². The van der Waals surface area contributed by atoms with Gasteiger partial charge in [-0.1, -0.05) is 20.3 Å². The Kier molecular flexibility index (Phi) is 7.72. The highest BCUT2D eigenvalue weighted by molar-refractivity contribution is 9.10. The zero-order valence-corrected chi connectivity index (χ0v) is 14.5. The molecule has 3 N–H and O–H groups in total. The summed E-state index contributed by atoms with van der Waals surface area (Å²) in [5.74, 6) is 5.75. The van der Waals surface area contributed by atoms with Gasteiger partial charge in [0.1, 0.15) is 0 Å². The average Bonchev–Trinajstić information content (AvgIpc) is 2.71. The van der Waals surface area contributed by atoms with Crippen molar-refractivity contribution in [3.05, 3.63) is 15.9 Å².